The number of carbonyl (C=O) groups is 1. The van der Waals surface area contributed by atoms with Crippen molar-refractivity contribution in [2.75, 3.05) is 0 Å². The quantitative estimate of drug-likeness (QED) is 0.570. The number of carbonyl (C=O) groups excluding carboxylic acids is 1. The minimum Gasteiger partial charge on any atom is -0.405 e. The Morgan fingerprint density at radius 1 is 1.21 bits per heavy atom. The molecule has 0 spiro atoms. The highest BCUT2D eigenvalue weighted by molar-refractivity contribution is 6.42. The molecule has 0 aliphatic heterocycles. The molecular weight excluding hydrogens is 349 g/mol. The fraction of sp³-hybridized carbons (Fsp3) is 0.0625. The predicted octanol–water partition coefficient (Wildman–Crippen LogP) is 2.76. The van der Waals surface area contributed by atoms with E-state index in [1.165, 1.54) is 24.7 Å². The molecule has 0 radical (unpaired) electrons. The molecular formula is C16H17Cl2N5O. The van der Waals surface area contributed by atoms with Crippen molar-refractivity contribution in [3.05, 3.63) is 70.5 Å². The summed E-state index contributed by atoms with van der Waals surface area (Å²) in [5, 5.41) is 3.31. The van der Waals surface area contributed by atoms with Gasteiger partial charge < -0.3 is 16.8 Å². The molecule has 5 N–H and O–H groups in total. The minimum atomic E-state index is 0.270. The molecule has 1 amide bonds. The second-order valence-corrected chi connectivity index (χ2v) is 5.26. The molecule has 2 rings (SSSR count). The van der Waals surface area contributed by atoms with Crippen LogP contribution in [0.5, 0.6) is 0 Å². The summed E-state index contributed by atoms with van der Waals surface area (Å²) in [6.07, 6.45) is 6.35. The molecule has 0 bridgehead atoms. The van der Waals surface area contributed by atoms with Crippen LogP contribution in [0, 0.1) is 6.92 Å². The third-order valence-electron chi connectivity index (χ3n) is 2.63. The lowest BCUT2D eigenvalue weighted by Gasteiger charge is -2.02. The highest BCUT2D eigenvalue weighted by atomic mass is 35.5. The van der Waals surface area contributed by atoms with E-state index >= 15 is 0 Å². The number of benzene rings is 1. The van der Waals surface area contributed by atoms with Crippen LogP contribution in [0.25, 0.3) is 11.3 Å². The molecule has 0 aliphatic carbocycles. The normalized spacial score (nSPS) is 10.9. The monoisotopic (exact) mass is 365 g/mol. The Labute approximate surface area is 150 Å². The predicted molar refractivity (Wildman–Crippen MR) is 97.0 cm³/mol. The van der Waals surface area contributed by atoms with E-state index < -0.39 is 0 Å². The SMILES string of the molecule is Cc1cc(-c2ccc(Cl)c(Cl)c2)ncn1.N/C=C\C=C(/N)NC=O. The molecule has 1 aromatic carbocycles. The van der Waals surface area contributed by atoms with Gasteiger partial charge in [-0.3, -0.25) is 4.79 Å². The Morgan fingerprint density at radius 2 is 1.96 bits per heavy atom. The van der Waals surface area contributed by atoms with Gasteiger partial charge in [-0.2, -0.15) is 0 Å². The van der Waals surface area contributed by atoms with Gasteiger partial charge in [0, 0.05) is 11.3 Å². The molecule has 6 nitrogen and oxygen atoms in total. The van der Waals surface area contributed by atoms with Crippen LogP contribution in [0.3, 0.4) is 0 Å². The number of aryl methyl sites for hydroxylation is 1. The van der Waals surface area contributed by atoms with Crippen LogP contribution in [-0.4, -0.2) is 16.4 Å². The number of nitrogens with zero attached hydrogens (tertiary/aromatic N) is 2. The van der Waals surface area contributed by atoms with E-state index in [2.05, 4.69) is 15.3 Å². The van der Waals surface area contributed by atoms with Gasteiger partial charge in [-0.05, 0) is 43.5 Å². The van der Waals surface area contributed by atoms with Gasteiger partial charge in [0.05, 0.1) is 15.7 Å². The number of aromatic nitrogens is 2. The van der Waals surface area contributed by atoms with Crippen molar-refractivity contribution in [2.45, 2.75) is 6.92 Å². The van der Waals surface area contributed by atoms with E-state index in [9.17, 15) is 4.79 Å². The van der Waals surface area contributed by atoms with Crippen LogP contribution in [0.15, 0.2) is 54.8 Å². The molecule has 0 atom stereocenters. The molecule has 0 unspecified atom stereocenters. The lowest BCUT2D eigenvalue weighted by molar-refractivity contribution is -0.108. The van der Waals surface area contributed by atoms with E-state index in [1.54, 1.807) is 12.1 Å². The fourth-order valence-corrected chi connectivity index (χ4v) is 1.84. The van der Waals surface area contributed by atoms with Crippen molar-refractivity contribution >= 4 is 29.6 Å². The molecule has 0 saturated carbocycles. The zero-order valence-electron chi connectivity index (χ0n) is 12.9. The standard InChI is InChI=1S/C11H8Cl2N2.C5H9N3O/c1-7-4-11(15-6-14-7)8-2-3-9(12)10(13)5-8;6-3-1-2-5(7)8-4-9/h2-6H,1H3;1-4H,6-7H2,(H,8,9)/b;3-1-,5-2+. The summed E-state index contributed by atoms with van der Waals surface area (Å²) in [4.78, 5) is 17.9. The number of nitrogens with one attached hydrogen (secondary N) is 1. The van der Waals surface area contributed by atoms with E-state index in [0.717, 1.165) is 17.0 Å². The van der Waals surface area contributed by atoms with E-state index in [0.29, 0.717) is 16.5 Å². The summed E-state index contributed by atoms with van der Waals surface area (Å²) < 4.78 is 0. The number of rotatable bonds is 4. The summed E-state index contributed by atoms with van der Waals surface area (Å²) in [7, 11) is 0. The van der Waals surface area contributed by atoms with Crippen LogP contribution in [0.4, 0.5) is 0 Å². The molecule has 8 heteroatoms. The first-order valence-electron chi connectivity index (χ1n) is 6.76. The zero-order valence-corrected chi connectivity index (χ0v) is 14.4. The van der Waals surface area contributed by atoms with Crippen molar-refractivity contribution in [3.63, 3.8) is 0 Å². The largest absolute Gasteiger partial charge is 0.405 e. The number of hydrogen-bond donors (Lipinski definition) is 3. The third kappa shape index (κ3) is 6.68. The van der Waals surface area contributed by atoms with Gasteiger partial charge in [-0.1, -0.05) is 29.3 Å². The van der Waals surface area contributed by atoms with E-state index in [1.807, 2.05) is 19.1 Å². The second-order valence-electron chi connectivity index (χ2n) is 4.44. The Morgan fingerprint density at radius 3 is 2.54 bits per heavy atom. The van der Waals surface area contributed by atoms with E-state index in [-0.39, 0.29) is 5.82 Å². The maximum atomic E-state index is 9.69. The van der Waals surface area contributed by atoms with Crippen LogP contribution in [0.1, 0.15) is 5.69 Å². The highest BCUT2D eigenvalue weighted by Gasteiger charge is 2.03. The van der Waals surface area contributed by atoms with Gasteiger partial charge in [-0.15, -0.1) is 0 Å². The van der Waals surface area contributed by atoms with Gasteiger partial charge in [0.15, 0.2) is 0 Å². The van der Waals surface area contributed by atoms with Gasteiger partial charge in [0.2, 0.25) is 6.41 Å². The lowest BCUT2D eigenvalue weighted by atomic mass is 10.1. The summed E-state index contributed by atoms with van der Waals surface area (Å²) in [5.74, 6) is 0.270. The Balaban J connectivity index is 0.000000277. The second kappa shape index (κ2) is 10.3. The highest BCUT2D eigenvalue weighted by Crippen LogP contribution is 2.27. The smallest absolute Gasteiger partial charge is 0.212 e. The average molecular weight is 366 g/mol. The van der Waals surface area contributed by atoms with Crippen molar-refractivity contribution in [1.82, 2.24) is 15.3 Å². The van der Waals surface area contributed by atoms with Gasteiger partial charge in [0.1, 0.15) is 12.1 Å². The first-order valence-corrected chi connectivity index (χ1v) is 7.51. The van der Waals surface area contributed by atoms with Gasteiger partial charge >= 0.3 is 0 Å². The number of halogens is 2. The van der Waals surface area contributed by atoms with Crippen molar-refractivity contribution < 1.29 is 4.79 Å². The Kier molecular flexibility index (Phi) is 8.32. The average Bonchev–Trinajstić information content (AvgIpc) is 2.56. The van der Waals surface area contributed by atoms with Gasteiger partial charge in [0.25, 0.3) is 0 Å². The maximum Gasteiger partial charge on any atom is 0.212 e. The lowest BCUT2D eigenvalue weighted by Crippen LogP contribution is -2.17. The number of hydrogen-bond acceptors (Lipinski definition) is 5. The van der Waals surface area contributed by atoms with Crippen molar-refractivity contribution in [2.24, 2.45) is 11.5 Å². The summed E-state index contributed by atoms with van der Waals surface area (Å²) in [5.41, 5.74) is 12.9. The summed E-state index contributed by atoms with van der Waals surface area (Å²) >= 11 is 11.8. The van der Waals surface area contributed by atoms with Gasteiger partial charge in [-0.25, -0.2) is 9.97 Å². The molecule has 1 heterocycles. The van der Waals surface area contributed by atoms with Crippen molar-refractivity contribution in [3.8, 4) is 11.3 Å². The fourth-order valence-electron chi connectivity index (χ4n) is 1.54. The van der Waals surface area contributed by atoms with E-state index in [4.69, 9.17) is 34.7 Å². The maximum absolute atomic E-state index is 9.69. The Hall–Kier alpha value is -2.57. The van der Waals surface area contributed by atoms with Crippen LogP contribution in [0.2, 0.25) is 10.0 Å². The molecule has 24 heavy (non-hydrogen) atoms. The molecule has 1 aromatic heterocycles. The molecule has 0 fully saturated rings. The molecule has 0 aliphatic rings. The number of nitrogens with two attached hydrogens (primary N) is 2. The Bertz CT molecular complexity index is 747. The summed E-state index contributed by atoms with van der Waals surface area (Å²) in [6, 6.07) is 7.35. The van der Waals surface area contributed by atoms with Crippen LogP contribution >= 0.6 is 23.2 Å². The summed E-state index contributed by atoms with van der Waals surface area (Å²) in [6.45, 7) is 1.92. The molecule has 2 aromatic rings. The minimum absolute atomic E-state index is 0.270. The number of allylic oxidation sites excluding steroid dienone is 2. The first-order chi connectivity index (χ1) is 11.5. The van der Waals surface area contributed by atoms with Crippen LogP contribution < -0.4 is 16.8 Å². The third-order valence-corrected chi connectivity index (χ3v) is 3.37. The first kappa shape index (κ1) is 19.5. The zero-order chi connectivity index (χ0) is 17.9. The molecule has 0 saturated heterocycles. The van der Waals surface area contributed by atoms with Crippen LogP contribution in [-0.2, 0) is 4.79 Å². The van der Waals surface area contributed by atoms with Crippen molar-refractivity contribution in [1.29, 1.82) is 0 Å². The topological polar surface area (TPSA) is 107 Å². The molecule has 126 valence electrons. The number of amides is 1.